The molecule has 6 heteroatoms. The van der Waals surface area contributed by atoms with Gasteiger partial charge in [-0.15, -0.1) is 0 Å². The molecule has 0 aliphatic heterocycles. The number of hydrogen-bond donors (Lipinski definition) is 1. The van der Waals surface area contributed by atoms with Gasteiger partial charge in [0.1, 0.15) is 5.82 Å². The average molecular weight is 279 g/mol. The predicted molar refractivity (Wildman–Crippen MR) is 69.0 cm³/mol. The van der Waals surface area contributed by atoms with E-state index in [0.29, 0.717) is 22.6 Å². The lowest BCUT2D eigenvalue weighted by Crippen LogP contribution is -1.88. The van der Waals surface area contributed by atoms with E-state index in [9.17, 15) is 4.39 Å². The fourth-order valence-corrected chi connectivity index (χ4v) is 1.95. The van der Waals surface area contributed by atoms with E-state index in [1.165, 1.54) is 12.1 Å². The Labute approximate surface area is 112 Å². The van der Waals surface area contributed by atoms with Crippen LogP contribution in [0.4, 0.5) is 10.2 Å². The van der Waals surface area contributed by atoms with Crippen LogP contribution < -0.4 is 5.73 Å². The third kappa shape index (κ3) is 2.08. The number of hydrogen-bond acceptors (Lipinski definition) is 4. The molecule has 0 fully saturated rings. The van der Waals surface area contributed by atoms with Crippen LogP contribution in [-0.2, 0) is 0 Å². The molecule has 0 aliphatic rings. The molecule has 0 amide bonds. The molecule has 19 heavy (non-hydrogen) atoms. The Morgan fingerprint density at radius 1 is 1.11 bits per heavy atom. The van der Waals surface area contributed by atoms with Crippen LogP contribution in [0.15, 0.2) is 45.3 Å². The first kappa shape index (κ1) is 11.8. The lowest BCUT2D eigenvalue weighted by atomic mass is 10.0. The van der Waals surface area contributed by atoms with Crippen molar-refractivity contribution in [2.24, 2.45) is 0 Å². The molecule has 0 saturated carbocycles. The Balaban J connectivity index is 2.16. The van der Waals surface area contributed by atoms with Crippen molar-refractivity contribution in [2.45, 2.75) is 0 Å². The van der Waals surface area contributed by atoms with Gasteiger partial charge in [-0.1, -0.05) is 17.3 Å². The molecule has 4 nitrogen and oxygen atoms in total. The van der Waals surface area contributed by atoms with Gasteiger partial charge in [0.15, 0.2) is 16.8 Å². The number of anilines is 1. The Bertz CT molecular complexity index is 719. The van der Waals surface area contributed by atoms with Gasteiger partial charge >= 0.3 is 0 Å². The van der Waals surface area contributed by atoms with E-state index in [1.54, 1.807) is 24.3 Å². The van der Waals surface area contributed by atoms with E-state index < -0.39 is 0 Å². The summed E-state index contributed by atoms with van der Waals surface area (Å²) in [6, 6.07) is 9.08. The monoisotopic (exact) mass is 278 g/mol. The first-order valence-electron chi connectivity index (χ1n) is 5.42. The molecule has 0 bridgehead atoms. The molecule has 0 radical (unpaired) electrons. The van der Waals surface area contributed by atoms with Crippen molar-refractivity contribution < 1.29 is 13.3 Å². The number of nitrogen functional groups attached to an aromatic ring is 1. The molecule has 1 aromatic carbocycles. The van der Waals surface area contributed by atoms with Gasteiger partial charge in [-0.3, -0.25) is 0 Å². The van der Waals surface area contributed by atoms with Gasteiger partial charge in [-0.05, 0) is 41.4 Å². The second-order valence-electron chi connectivity index (χ2n) is 3.88. The third-order valence-electron chi connectivity index (χ3n) is 2.65. The van der Waals surface area contributed by atoms with Crippen LogP contribution in [0.1, 0.15) is 0 Å². The summed E-state index contributed by atoms with van der Waals surface area (Å²) in [7, 11) is 0. The Morgan fingerprint density at radius 2 is 1.84 bits per heavy atom. The molecule has 0 saturated heterocycles. The minimum absolute atomic E-state index is 0.203. The minimum atomic E-state index is -0.332. The van der Waals surface area contributed by atoms with Gasteiger partial charge in [0, 0.05) is 0 Å². The van der Waals surface area contributed by atoms with Crippen LogP contribution in [-0.4, -0.2) is 5.16 Å². The van der Waals surface area contributed by atoms with E-state index in [1.807, 2.05) is 0 Å². The van der Waals surface area contributed by atoms with E-state index in [4.69, 9.17) is 26.3 Å². The van der Waals surface area contributed by atoms with E-state index in [-0.39, 0.29) is 16.9 Å². The lowest BCUT2D eigenvalue weighted by molar-refractivity contribution is 0.421. The lowest BCUT2D eigenvalue weighted by Gasteiger charge is -2.00. The van der Waals surface area contributed by atoms with Crippen LogP contribution in [0.5, 0.6) is 0 Å². The molecule has 96 valence electrons. The van der Waals surface area contributed by atoms with E-state index >= 15 is 0 Å². The summed E-state index contributed by atoms with van der Waals surface area (Å²) < 4.78 is 23.4. The smallest absolute Gasteiger partial charge is 0.212 e. The number of halogens is 2. The summed E-state index contributed by atoms with van der Waals surface area (Å²) >= 11 is 5.73. The maximum absolute atomic E-state index is 12.9. The molecule has 2 aromatic heterocycles. The van der Waals surface area contributed by atoms with E-state index in [0.717, 1.165) is 0 Å². The fourth-order valence-electron chi connectivity index (χ4n) is 1.80. The standard InChI is InChI=1S/C13H8ClFN2O2/c14-10-6-5-9(18-10)12-11(13(16)17-19-12)7-1-3-8(15)4-2-7/h1-6H,(H2,16,17). The second kappa shape index (κ2) is 4.44. The largest absolute Gasteiger partial charge is 0.441 e. The molecule has 3 rings (SSSR count). The number of nitrogens with two attached hydrogens (primary N) is 1. The summed E-state index contributed by atoms with van der Waals surface area (Å²) in [4.78, 5) is 0. The van der Waals surface area contributed by atoms with Gasteiger partial charge in [0.05, 0.1) is 5.56 Å². The molecule has 0 atom stereocenters. The zero-order valence-corrected chi connectivity index (χ0v) is 10.3. The third-order valence-corrected chi connectivity index (χ3v) is 2.85. The van der Waals surface area contributed by atoms with Crippen molar-refractivity contribution in [1.82, 2.24) is 5.16 Å². The Kier molecular flexibility index (Phi) is 2.76. The summed E-state index contributed by atoms with van der Waals surface area (Å²) in [6.07, 6.45) is 0. The number of nitrogens with zero attached hydrogens (tertiary/aromatic N) is 1. The first-order chi connectivity index (χ1) is 9.15. The topological polar surface area (TPSA) is 65.2 Å². The quantitative estimate of drug-likeness (QED) is 0.770. The highest BCUT2D eigenvalue weighted by Gasteiger charge is 2.20. The van der Waals surface area contributed by atoms with Crippen molar-refractivity contribution >= 4 is 17.4 Å². The number of aromatic nitrogens is 1. The van der Waals surface area contributed by atoms with Crippen molar-refractivity contribution in [3.63, 3.8) is 0 Å². The maximum atomic E-state index is 12.9. The molecule has 0 aliphatic carbocycles. The van der Waals surface area contributed by atoms with Gasteiger partial charge in [-0.2, -0.15) is 0 Å². The number of furan rings is 1. The number of benzene rings is 1. The van der Waals surface area contributed by atoms with Gasteiger partial charge in [-0.25, -0.2) is 4.39 Å². The summed E-state index contributed by atoms with van der Waals surface area (Å²) in [5, 5.41) is 3.94. The Hall–Kier alpha value is -2.27. The van der Waals surface area contributed by atoms with Gasteiger partial charge in [0.25, 0.3) is 0 Å². The molecule has 0 unspecified atom stereocenters. The highest BCUT2D eigenvalue weighted by Crippen LogP contribution is 2.37. The van der Waals surface area contributed by atoms with Gasteiger partial charge < -0.3 is 14.7 Å². The average Bonchev–Trinajstić information content (AvgIpc) is 2.97. The molecule has 0 spiro atoms. The van der Waals surface area contributed by atoms with Crippen molar-refractivity contribution in [1.29, 1.82) is 0 Å². The zero-order chi connectivity index (χ0) is 13.4. The highest BCUT2D eigenvalue weighted by atomic mass is 35.5. The summed E-state index contributed by atoms with van der Waals surface area (Å²) in [5.41, 5.74) is 7.01. The Morgan fingerprint density at radius 3 is 2.47 bits per heavy atom. The van der Waals surface area contributed by atoms with Crippen LogP contribution in [0.2, 0.25) is 5.22 Å². The van der Waals surface area contributed by atoms with Gasteiger partial charge in [0.2, 0.25) is 5.76 Å². The number of rotatable bonds is 2. The van der Waals surface area contributed by atoms with Crippen LogP contribution in [0, 0.1) is 5.82 Å². The van der Waals surface area contributed by atoms with Crippen LogP contribution in [0.25, 0.3) is 22.6 Å². The summed E-state index contributed by atoms with van der Waals surface area (Å²) in [5.74, 6) is 0.639. The van der Waals surface area contributed by atoms with Crippen molar-refractivity contribution in [3.8, 4) is 22.6 Å². The fraction of sp³-hybridized carbons (Fsp3) is 0. The van der Waals surface area contributed by atoms with Crippen molar-refractivity contribution in [2.75, 3.05) is 5.73 Å². The second-order valence-corrected chi connectivity index (χ2v) is 4.26. The molecular weight excluding hydrogens is 271 g/mol. The summed E-state index contributed by atoms with van der Waals surface area (Å²) in [6.45, 7) is 0. The SMILES string of the molecule is Nc1noc(-c2ccc(Cl)o2)c1-c1ccc(F)cc1. The molecular formula is C13H8ClFN2O2. The minimum Gasteiger partial charge on any atom is -0.441 e. The molecule has 3 aromatic rings. The van der Waals surface area contributed by atoms with Crippen molar-refractivity contribution in [3.05, 3.63) is 47.4 Å². The maximum Gasteiger partial charge on any atom is 0.212 e. The predicted octanol–water partition coefficient (Wildman–Crippen LogP) is 3.98. The van der Waals surface area contributed by atoms with Crippen LogP contribution >= 0.6 is 11.6 Å². The highest BCUT2D eigenvalue weighted by molar-refractivity contribution is 6.29. The van der Waals surface area contributed by atoms with E-state index in [2.05, 4.69) is 5.16 Å². The zero-order valence-electron chi connectivity index (χ0n) is 9.56. The molecule has 2 N–H and O–H groups in total. The molecule has 2 heterocycles. The first-order valence-corrected chi connectivity index (χ1v) is 5.80. The normalized spacial score (nSPS) is 10.8. The van der Waals surface area contributed by atoms with Crippen LogP contribution in [0.3, 0.4) is 0 Å².